The van der Waals surface area contributed by atoms with Crippen LogP contribution in [0.3, 0.4) is 0 Å². The monoisotopic (exact) mass is 492 g/mol. The van der Waals surface area contributed by atoms with Crippen LogP contribution in [0.15, 0.2) is 48.5 Å². The van der Waals surface area contributed by atoms with Crippen LogP contribution in [0.4, 0.5) is 11.4 Å². The number of nitro groups is 1. The van der Waals surface area contributed by atoms with Gasteiger partial charge in [0.2, 0.25) is 5.75 Å². The van der Waals surface area contributed by atoms with Gasteiger partial charge in [0.15, 0.2) is 17.3 Å². The number of Topliss-reactive ketones (excluding diaryl/α,β-unsaturated/α-hetero) is 1. The zero-order valence-corrected chi connectivity index (χ0v) is 20.1. The van der Waals surface area contributed by atoms with E-state index < -0.39 is 16.9 Å². The first-order valence-electron chi connectivity index (χ1n) is 11.0. The molecular formula is C26H24N2O8. The van der Waals surface area contributed by atoms with Gasteiger partial charge in [0.25, 0.3) is 11.6 Å². The number of ketones is 1. The SMILES string of the molecule is COc1cc2c(c(OC)c1OC)C(=O)CC(c1cccc(NC(=O)c3cc([N+](=O)[O-])ccc3C)c1)O2. The number of fused-ring (bicyclic) bond motifs is 1. The van der Waals surface area contributed by atoms with Gasteiger partial charge >= 0.3 is 0 Å². The lowest BCUT2D eigenvalue weighted by Gasteiger charge is -2.28. The third-order valence-electron chi connectivity index (χ3n) is 5.91. The van der Waals surface area contributed by atoms with Crippen molar-refractivity contribution in [1.82, 2.24) is 0 Å². The van der Waals surface area contributed by atoms with E-state index >= 15 is 0 Å². The Hall–Kier alpha value is -4.60. The Morgan fingerprint density at radius 3 is 2.47 bits per heavy atom. The van der Waals surface area contributed by atoms with Crippen molar-refractivity contribution in [2.45, 2.75) is 19.4 Å². The molecule has 0 aromatic heterocycles. The second-order valence-corrected chi connectivity index (χ2v) is 8.09. The second-order valence-electron chi connectivity index (χ2n) is 8.09. The number of aryl methyl sites for hydroxylation is 1. The minimum absolute atomic E-state index is 0.0419. The molecule has 1 aliphatic heterocycles. The largest absolute Gasteiger partial charge is 0.493 e. The lowest BCUT2D eigenvalue weighted by molar-refractivity contribution is -0.384. The number of methoxy groups -OCH3 is 3. The molecule has 0 saturated heterocycles. The predicted molar refractivity (Wildman–Crippen MR) is 131 cm³/mol. The normalized spacial score (nSPS) is 14.3. The van der Waals surface area contributed by atoms with Gasteiger partial charge in [0.1, 0.15) is 17.4 Å². The van der Waals surface area contributed by atoms with Gasteiger partial charge in [-0.3, -0.25) is 19.7 Å². The van der Waals surface area contributed by atoms with Crippen LogP contribution in [0, 0.1) is 17.0 Å². The second kappa shape index (κ2) is 9.95. The fourth-order valence-electron chi connectivity index (χ4n) is 4.13. The maximum Gasteiger partial charge on any atom is 0.270 e. The Morgan fingerprint density at radius 2 is 1.81 bits per heavy atom. The van der Waals surface area contributed by atoms with E-state index in [1.165, 1.54) is 39.5 Å². The number of nitrogens with zero attached hydrogens (tertiary/aromatic N) is 1. The summed E-state index contributed by atoms with van der Waals surface area (Å²) in [6, 6.07) is 12.6. The topological polar surface area (TPSA) is 126 Å². The summed E-state index contributed by atoms with van der Waals surface area (Å²) in [7, 11) is 4.37. The molecule has 1 unspecified atom stereocenters. The number of benzene rings is 3. The summed E-state index contributed by atoms with van der Waals surface area (Å²) in [5.74, 6) is 0.517. The highest BCUT2D eigenvalue weighted by Crippen LogP contribution is 2.49. The van der Waals surface area contributed by atoms with Gasteiger partial charge in [-0.15, -0.1) is 0 Å². The van der Waals surface area contributed by atoms with Crippen LogP contribution in [-0.2, 0) is 0 Å². The Labute approximate surface area is 206 Å². The predicted octanol–water partition coefficient (Wildman–Crippen LogP) is 4.89. The van der Waals surface area contributed by atoms with Gasteiger partial charge in [-0.25, -0.2) is 0 Å². The summed E-state index contributed by atoms with van der Waals surface area (Å²) < 4.78 is 22.3. The molecule has 0 saturated carbocycles. The standard InChI is InChI=1S/C26H24N2O8/c1-14-8-9-17(28(31)32)11-18(14)26(30)27-16-7-5-6-15(10-16)20-12-19(29)23-21(36-20)13-22(33-2)24(34-3)25(23)35-4/h5-11,13,20H,12H2,1-4H3,(H,27,30). The quantitative estimate of drug-likeness (QED) is 0.365. The minimum Gasteiger partial charge on any atom is -0.493 e. The third kappa shape index (κ3) is 4.52. The summed E-state index contributed by atoms with van der Waals surface area (Å²) in [6.45, 7) is 1.70. The molecule has 0 aliphatic carbocycles. The molecule has 10 nitrogen and oxygen atoms in total. The van der Waals surface area contributed by atoms with Gasteiger partial charge in [-0.1, -0.05) is 18.2 Å². The molecule has 1 atom stereocenters. The fraction of sp³-hybridized carbons (Fsp3) is 0.231. The van der Waals surface area contributed by atoms with E-state index in [9.17, 15) is 19.7 Å². The van der Waals surface area contributed by atoms with Crippen LogP contribution in [-0.4, -0.2) is 37.9 Å². The summed E-state index contributed by atoms with van der Waals surface area (Å²) in [5, 5.41) is 13.9. The molecule has 3 aromatic rings. The highest BCUT2D eigenvalue weighted by Gasteiger charge is 2.34. The number of anilines is 1. The molecule has 0 fully saturated rings. The highest BCUT2D eigenvalue weighted by atomic mass is 16.6. The number of hydrogen-bond acceptors (Lipinski definition) is 8. The minimum atomic E-state index is -0.621. The van der Waals surface area contributed by atoms with Gasteiger partial charge in [0, 0.05) is 29.4 Å². The van der Waals surface area contributed by atoms with Crippen molar-refractivity contribution in [3.63, 3.8) is 0 Å². The average molecular weight is 492 g/mol. The zero-order valence-electron chi connectivity index (χ0n) is 20.1. The Balaban J connectivity index is 1.62. The molecule has 10 heteroatoms. The van der Waals surface area contributed by atoms with Crippen LogP contribution >= 0.6 is 0 Å². The summed E-state index contributed by atoms with van der Waals surface area (Å²) in [6.07, 6.45) is -0.579. The first-order chi connectivity index (χ1) is 17.3. The van der Waals surface area contributed by atoms with Crippen molar-refractivity contribution in [2.24, 2.45) is 0 Å². The average Bonchev–Trinajstić information content (AvgIpc) is 2.87. The lowest BCUT2D eigenvalue weighted by Crippen LogP contribution is -2.22. The number of rotatable bonds is 7. The number of nitrogens with one attached hydrogen (secondary N) is 1. The van der Waals surface area contributed by atoms with E-state index in [4.69, 9.17) is 18.9 Å². The van der Waals surface area contributed by atoms with E-state index in [1.54, 1.807) is 37.3 Å². The first kappa shape index (κ1) is 24.5. The number of amides is 1. The Morgan fingerprint density at radius 1 is 1.06 bits per heavy atom. The first-order valence-corrected chi connectivity index (χ1v) is 11.0. The molecule has 0 bridgehead atoms. The molecule has 0 radical (unpaired) electrons. The van der Waals surface area contributed by atoms with E-state index in [0.29, 0.717) is 34.1 Å². The molecule has 1 amide bonds. The molecule has 36 heavy (non-hydrogen) atoms. The van der Waals surface area contributed by atoms with Gasteiger partial charge < -0.3 is 24.3 Å². The Kier molecular flexibility index (Phi) is 6.77. The molecule has 0 spiro atoms. The zero-order chi connectivity index (χ0) is 26.0. The van der Waals surface area contributed by atoms with Crippen molar-refractivity contribution in [3.8, 4) is 23.0 Å². The van der Waals surface area contributed by atoms with E-state index in [2.05, 4.69) is 5.32 Å². The van der Waals surface area contributed by atoms with Crippen LogP contribution in [0.25, 0.3) is 0 Å². The van der Waals surface area contributed by atoms with Crippen LogP contribution in [0.2, 0.25) is 0 Å². The lowest BCUT2D eigenvalue weighted by atomic mass is 9.94. The van der Waals surface area contributed by atoms with Crippen molar-refractivity contribution >= 4 is 23.1 Å². The number of non-ortho nitro benzene ring substituents is 1. The Bertz CT molecular complexity index is 1370. The van der Waals surface area contributed by atoms with E-state index in [-0.39, 0.29) is 34.8 Å². The molecule has 3 aromatic carbocycles. The number of ether oxygens (including phenoxy) is 4. The number of nitro benzene ring substituents is 1. The number of hydrogen-bond donors (Lipinski definition) is 1. The molecule has 1 N–H and O–H groups in total. The highest BCUT2D eigenvalue weighted by molar-refractivity contribution is 6.06. The summed E-state index contributed by atoms with van der Waals surface area (Å²) in [4.78, 5) is 36.5. The van der Waals surface area contributed by atoms with Crippen LogP contribution in [0.1, 0.15) is 44.4 Å². The fourth-order valence-corrected chi connectivity index (χ4v) is 4.13. The van der Waals surface area contributed by atoms with Crippen LogP contribution < -0.4 is 24.3 Å². The third-order valence-corrected chi connectivity index (χ3v) is 5.91. The van der Waals surface area contributed by atoms with Crippen molar-refractivity contribution in [3.05, 3.63) is 80.9 Å². The van der Waals surface area contributed by atoms with Crippen molar-refractivity contribution in [2.75, 3.05) is 26.6 Å². The molecule has 186 valence electrons. The maximum atomic E-state index is 13.1. The summed E-state index contributed by atoms with van der Waals surface area (Å²) in [5.41, 5.74) is 2.02. The number of carbonyl (C=O) groups is 2. The summed E-state index contributed by atoms with van der Waals surface area (Å²) >= 11 is 0. The van der Waals surface area contributed by atoms with Crippen molar-refractivity contribution < 1.29 is 33.5 Å². The molecule has 4 rings (SSSR count). The molecule has 1 aliphatic rings. The van der Waals surface area contributed by atoms with E-state index in [1.807, 2.05) is 0 Å². The maximum absolute atomic E-state index is 13.1. The molecule has 1 heterocycles. The van der Waals surface area contributed by atoms with E-state index in [0.717, 1.165) is 0 Å². The smallest absolute Gasteiger partial charge is 0.270 e. The van der Waals surface area contributed by atoms with Crippen molar-refractivity contribution in [1.29, 1.82) is 0 Å². The molecular weight excluding hydrogens is 468 g/mol. The van der Waals surface area contributed by atoms with Gasteiger partial charge in [0.05, 0.1) is 32.7 Å². The van der Waals surface area contributed by atoms with Gasteiger partial charge in [-0.2, -0.15) is 0 Å². The number of carbonyl (C=O) groups excluding carboxylic acids is 2. The van der Waals surface area contributed by atoms with Crippen LogP contribution in [0.5, 0.6) is 23.0 Å². The van der Waals surface area contributed by atoms with Gasteiger partial charge in [-0.05, 0) is 30.2 Å².